The smallest absolute Gasteiger partial charge is 0.282 e. The van der Waals surface area contributed by atoms with Gasteiger partial charge in [0, 0.05) is 0 Å². The summed E-state index contributed by atoms with van der Waals surface area (Å²) in [5, 5.41) is 0.708. The summed E-state index contributed by atoms with van der Waals surface area (Å²) >= 11 is 0. The molecule has 0 spiro atoms. The van der Waals surface area contributed by atoms with Gasteiger partial charge in [-0.2, -0.15) is 8.42 Å². The van der Waals surface area contributed by atoms with E-state index < -0.39 is 18.9 Å². The van der Waals surface area contributed by atoms with Crippen LogP contribution in [0.4, 0.5) is 0 Å². The Hall–Kier alpha value is -0.913. The van der Waals surface area contributed by atoms with Crippen LogP contribution in [0.5, 0.6) is 0 Å². The summed E-state index contributed by atoms with van der Waals surface area (Å²) in [6.07, 6.45) is 1.61. The van der Waals surface area contributed by atoms with Crippen LogP contribution in [0.2, 0.25) is 13.1 Å². The molecule has 0 atom stereocenters. The van der Waals surface area contributed by atoms with E-state index in [0.717, 1.165) is 5.56 Å². The first-order valence-electron chi connectivity index (χ1n) is 4.41. The van der Waals surface area contributed by atoms with Crippen LogP contribution in [-0.2, 0) is 10.1 Å². The number of hydrogen-bond donors (Lipinski definition) is 1. The number of hydrogen-bond acceptors (Lipinski definition) is 2. The van der Waals surface area contributed by atoms with Gasteiger partial charge in [-0.1, -0.05) is 37.9 Å². The molecule has 15 heavy (non-hydrogen) atoms. The van der Waals surface area contributed by atoms with Gasteiger partial charge < -0.3 is 0 Å². The molecule has 5 heteroatoms. The van der Waals surface area contributed by atoms with Crippen LogP contribution in [0.15, 0.2) is 29.7 Å². The summed E-state index contributed by atoms with van der Waals surface area (Å²) in [4.78, 5) is 0.0128. The van der Waals surface area contributed by atoms with E-state index in [4.69, 9.17) is 4.55 Å². The van der Waals surface area contributed by atoms with Gasteiger partial charge in [0.1, 0.15) is 0 Å². The number of benzene rings is 1. The summed E-state index contributed by atoms with van der Waals surface area (Å²) in [6.45, 7) is 7.58. The maximum absolute atomic E-state index is 11.2. The fraction of sp³-hybridized carbons (Fsp3) is 0.200. The molecule has 0 bridgehead atoms. The predicted molar refractivity (Wildman–Crippen MR) is 63.5 cm³/mol. The van der Waals surface area contributed by atoms with Crippen molar-refractivity contribution in [3.63, 3.8) is 0 Å². The normalized spacial score (nSPS) is 11.7. The Kier molecular flexibility index (Phi) is 3.49. The van der Waals surface area contributed by atoms with Crippen molar-refractivity contribution in [2.75, 3.05) is 0 Å². The summed E-state index contributed by atoms with van der Waals surface area (Å²) in [6, 6.07) is 4.83. The highest BCUT2D eigenvalue weighted by Crippen LogP contribution is 2.11. The second-order valence-electron chi connectivity index (χ2n) is 3.40. The molecule has 0 aliphatic heterocycles. The molecule has 0 unspecified atom stereocenters. The zero-order valence-electron chi connectivity index (χ0n) is 8.69. The Morgan fingerprint density at radius 2 is 2.00 bits per heavy atom. The zero-order valence-corrected chi connectivity index (χ0v) is 10.5. The van der Waals surface area contributed by atoms with Crippen molar-refractivity contribution in [1.82, 2.24) is 0 Å². The lowest BCUT2D eigenvalue weighted by Crippen LogP contribution is -2.31. The molecule has 0 saturated heterocycles. The summed E-state index contributed by atoms with van der Waals surface area (Å²) in [7, 11) is -5.11. The van der Waals surface area contributed by atoms with E-state index in [2.05, 4.69) is 6.58 Å². The van der Waals surface area contributed by atoms with Crippen molar-refractivity contribution in [2.24, 2.45) is 0 Å². The van der Waals surface area contributed by atoms with Crippen LogP contribution in [0.3, 0.4) is 0 Å². The molecule has 1 rings (SSSR count). The van der Waals surface area contributed by atoms with Gasteiger partial charge in [0.15, 0.2) is 0 Å². The van der Waals surface area contributed by atoms with Gasteiger partial charge in [0.2, 0.25) is 0 Å². The Labute approximate surface area is 91.8 Å². The van der Waals surface area contributed by atoms with Crippen molar-refractivity contribution in [2.45, 2.75) is 18.0 Å². The largest absolute Gasteiger partial charge is 0.294 e. The number of rotatable bonds is 3. The zero-order chi connectivity index (χ0) is 11.6. The molecule has 1 N–H and O–H groups in total. The second-order valence-corrected chi connectivity index (χ2v) is 7.29. The second kappa shape index (κ2) is 4.30. The first kappa shape index (κ1) is 12.2. The van der Waals surface area contributed by atoms with Gasteiger partial charge in [-0.05, 0) is 16.8 Å². The molecule has 0 heterocycles. The monoisotopic (exact) mass is 241 g/mol. The van der Waals surface area contributed by atoms with Crippen molar-refractivity contribution in [1.29, 1.82) is 0 Å². The van der Waals surface area contributed by atoms with E-state index in [9.17, 15) is 8.42 Å². The standard InChI is InChI=1S/C10H13O3SSi/c1-4-8-6-5-7-9(14(11,12)13)10(8)15(2)3/h4-7H,1H2,2-3H3,(H,11,12,13). The summed E-state index contributed by atoms with van der Waals surface area (Å²) in [5.74, 6) is 0. The Morgan fingerprint density at radius 1 is 1.40 bits per heavy atom. The first-order valence-corrected chi connectivity index (χ1v) is 8.35. The van der Waals surface area contributed by atoms with Gasteiger partial charge in [0.05, 0.1) is 13.7 Å². The highest BCUT2D eigenvalue weighted by molar-refractivity contribution is 7.86. The lowest BCUT2D eigenvalue weighted by Gasteiger charge is -2.12. The lowest BCUT2D eigenvalue weighted by molar-refractivity contribution is 0.484. The van der Waals surface area contributed by atoms with Crippen molar-refractivity contribution >= 4 is 30.2 Å². The van der Waals surface area contributed by atoms with Gasteiger partial charge in [-0.25, -0.2) is 0 Å². The van der Waals surface area contributed by atoms with Crippen LogP contribution < -0.4 is 5.19 Å². The third-order valence-electron chi connectivity index (χ3n) is 2.06. The van der Waals surface area contributed by atoms with E-state index >= 15 is 0 Å². The van der Waals surface area contributed by atoms with E-state index in [-0.39, 0.29) is 4.90 Å². The molecule has 0 aliphatic rings. The summed E-state index contributed by atoms with van der Waals surface area (Å²) < 4.78 is 31.4. The van der Waals surface area contributed by atoms with Crippen molar-refractivity contribution in [3.8, 4) is 0 Å². The molecule has 1 aromatic carbocycles. The third-order valence-corrected chi connectivity index (χ3v) is 4.69. The van der Waals surface area contributed by atoms with Gasteiger partial charge in [-0.15, -0.1) is 0 Å². The Balaban J connectivity index is 3.60. The molecule has 1 radical (unpaired) electrons. The van der Waals surface area contributed by atoms with Gasteiger partial charge in [-0.3, -0.25) is 4.55 Å². The van der Waals surface area contributed by atoms with Gasteiger partial charge >= 0.3 is 0 Å². The van der Waals surface area contributed by atoms with Crippen molar-refractivity contribution < 1.29 is 13.0 Å². The molecule has 0 amide bonds. The SMILES string of the molecule is C=Cc1cccc(S(=O)(=O)O)c1[Si](C)C. The fourth-order valence-corrected chi connectivity index (χ4v) is 4.43. The van der Waals surface area contributed by atoms with Crippen LogP contribution in [0.25, 0.3) is 6.08 Å². The average molecular weight is 241 g/mol. The average Bonchev–Trinajstić information content (AvgIpc) is 2.15. The quantitative estimate of drug-likeness (QED) is 0.645. The predicted octanol–water partition coefficient (Wildman–Crippen LogP) is 1.54. The molecule has 0 aliphatic carbocycles. The molecular formula is C10H13O3SSi. The molecule has 81 valence electrons. The van der Waals surface area contributed by atoms with Crippen molar-refractivity contribution in [3.05, 3.63) is 30.3 Å². The minimum atomic E-state index is -4.13. The molecule has 0 saturated carbocycles. The van der Waals surface area contributed by atoms with E-state index in [1.807, 2.05) is 13.1 Å². The molecule has 0 fully saturated rings. The maximum atomic E-state index is 11.2. The van der Waals surface area contributed by atoms with Crippen LogP contribution in [-0.4, -0.2) is 21.8 Å². The highest BCUT2D eigenvalue weighted by Gasteiger charge is 2.19. The lowest BCUT2D eigenvalue weighted by atomic mass is 10.2. The van der Waals surface area contributed by atoms with Gasteiger partial charge in [0.25, 0.3) is 10.1 Å². The minimum absolute atomic E-state index is 0.0128. The minimum Gasteiger partial charge on any atom is -0.282 e. The first-order chi connectivity index (χ1) is 6.88. The highest BCUT2D eigenvalue weighted by atomic mass is 32.2. The topological polar surface area (TPSA) is 54.4 Å². The van der Waals surface area contributed by atoms with Crippen LogP contribution >= 0.6 is 0 Å². The van der Waals surface area contributed by atoms with Crippen LogP contribution in [0, 0.1) is 0 Å². The van der Waals surface area contributed by atoms with E-state index in [1.165, 1.54) is 6.07 Å². The maximum Gasteiger partial charge on any atom is 0.294 e. The molecular weight excluding hydrogens is 228 g/mol. The summed E-state index contributed by atoms with van der Waals surface area (Å²) in [5.41, 5.74) is 0.781. The Bertz CT molecular complexity index is 477. The Morgan fingerprint density at radius 3 is 2.40 bits per heavy atom. The fourth-order valence-electron chi connectivity index (χ4n) is 1.47. The molecule has 3 nitrogen and oxygen atoms in total. The molecule has 0 aromatic heterocycles. The van der Waals surface area contributed by atoms with Crippen LogP contribution in [0.1, 0.15) is 5.56 Å². The third kappa shape index (κ3) is 2.56. The van der Waals surface area contributed by atoms with E-state index in [1.54, 1.807) is 18.2 Å². The van der Waals surface area contributed by atoms with E-state index in [0.29, 0.717) is 5.19 Å². The molecule has 1 aromatic rings.